The maximum absolute atomic E-state index is 10.7. The molecular formula is C14H14O3S. The number of thiophene rings is 1. The Hall–Kier alpha value is -1.81. The van der Waals surface area contributed by atoms with Gasteiger partial charge in [0.2, 0.25) is 0 Å². The Morgan fingerprint density at radius 3 is 2.33 bits per heavy atom. The zero-order chi connectivity index (χ0) is 13.1. The summed E-state index contributed by atoms with van der Waals surface area (Å²) in [4.78, 5) is 11.0. The second kappa shape index (κ2) is 5.23. The summed E-state index contributed by atoms with van der Waals surface area (Å²) in [6, 6.07) is 11.1. The first kappa shape index (κ1) is 12.6. The zero-order valence-corrected chi connectivity index (χ0v) is 11.0. The van der Waals surface area contributed by atoms with Crippen LogP contribution in [-0.2, 0) is 0 Å². The van der Waals surface area contributed by atoms with Gasteiger partial charge < -0.3 is 9.84 Å². The summed E-state index contributed by atoms with van der Waals surface area (Å²) < 4.78 is 5.60. The maximum atomic E-state index is 10.7. The Bertz CT molecular complexity index is 540. The van der Waals surface area contributed by atoms with Crippen molar-refractivity contribution in [2.45, 2.75) is 19.8 Å². The number of carbonyl (C=O) groups is 1. The molecule has 0 aliphatic carbocycles. The molecule has 3 nitrogen and oxygen atoms in total. The fraction of sp³-hybridized carbons (Fsp3) is 0.214. The van der Waals surface area contributed by atoms with Crippen LogP contribution >= 0.6 is 11.3 Å². The Morgan fingerprint density at radius 2 is 1.83 bits per heavy atom. The quantitative estimate of drug-likeness (QED) is 0.890. The molecule has 2 rings (SSSR count). The monoisotopic (exact) mass is 262 g/mol. The second-order valence-corrected chi connectivity index (χ2v) is 5.30. The number of rotatable bonds is 4. The molecule has 0 aliphatic heterocycles. The molecule has 0 saturated heterocycles. The molecule has 2 aromatic rings. The molecule has 18 heavy (non-hydrogen) atoms. The van der Waals surface area contributed by atoms with E-state index in [0.29, 0.717) is 11.0 Å². The van der Waals surface area contributed by atoms with Gasteiger partial charge in [0.15, 0.2) is 5.06 Å². The molecule has 94 valence electrons. The van der Waals surface area contributed by atoms with Gasteiger partial charge in [0.1, 0.15) is 10.6 Å². The van der Waals surface area contributed by atoms with Gasteiger partial charge in [-0.3, -0.25) is 0 Å². The number of aromatic carboxylic acids is 1. The Labute approximate surface area is 110 Å². The normalized spacial score (nSPS) is 10.6. The molecule has 0 unspecified atom stereocenters. The lowest BCUT2D eigenvalue weighted by atomic mass is 10.0. The van der Waals surface area contributed by atoms with Gasteiger partial charge in [-0.05, 0) is 35.7 Å². The lowest BCUT2D eigenvalue weighted by Crippen LogP contribution is -1.89. The standard InChI is InChI=1S/C14H14O3S/c1-9(2)10-3-5-11(6-4-10)17-13-8-7-12(18-13)14(15)16/h3-9H,1-2H3,(H,15,16). The Morgan fingerprint density at radius 1 is 1.17 bits per heavy atom. The van der Waals surface area contributed by atoms with E-state index in [1.165, 1.54) is 5.56 Å². The smallest absolute Gasteiger partial charge is 0.345 e. The molecule has 0 bridgehead atoms. The molecule has 0 aliphatic rings. The van der Waals surface area contributed by atoms with E-state index in [4.69, 9.17) is 9.84 Å². The molecule has 0 amide bonds. The average Bonchev–Trinajstić information content (AvgIpc) is 2.78. The fourth-order valence-corrected chi connectivity index (χ4v) is 2.24. The highest BCUT2D eigenvalue weighted by molar-refractivity contribution is 7.15. The third kappa shape index (κ3) is 2.90. The highest BCUT2D eigenvalue weighted by Gasteiger charge is 2.08. The molecular weight excluding hydrogens is 248 g/mol. The summed E-state index contributed by atoms with van der Waals surface area (Å²) in [7, 11) is 0. The van der Waals surface area contributed by atoms with E-state index >= 15 is 0 Å². The first-order chi connectivity index (χ1) is 8.56. The van der Waals surface area contributed by atoms with Crippen molar-refractivity contribution >= 4 is 17.3 Å². The summed E-state index contributed by atoms with van der Waals surface area (Å²) in [5.74, 6) is 0.280. The lowest BCUT2D eigenvalue weighted by Gasteiger charge is -2.07. The predicted molar refractivity (Wildman–Crippen MR) is 71.9 cm³/mol. The lowest BCUT2D eigenvalue weighted by molar-refractivity contribution is 0.0702. The molecule has 0 radical (unpaired) electrons. The van der Waals surface area contributed by atoms with Crippen LogP contribution in [0.3, 0.4) is 0 Å². The van der Waals surface area contributed by atoms with Crippen LogP contribution in [0, 0.1) is 0 Å². The SMILES string of the molecule is CC(C)c1ccc(Oc2ccc(C(=O)O)s2)cc1. The minimum Gasteiger partial charge on any atom is -0.477 e. The molecule has 1 N–H and O–H groups in total. The van der Waals surface area contributed by atoms with Gasteiger partial charge in [0.05, 0.1) is 0 Å². The van der Waals surface area contributed by atoms with Crippen LogP contribution in [0.2, 0.25) is 0 Å². The van der Waals surface area contributed by atoms with Crippen LogP contribution in [0.5, 0.6) is 10.8 Å². The second-order valence-electron chi connectivity index (χ2n) is 4.25. The molecule has 0 saturated carbocycles. The van der Waals surface area contributed by atoms with Gasteiger partial charge in [0.25, 0.3) is 0 Å². The van der Waals surface area contributed by atoms with Crippen molar-refractivity contribution in [3.05, 3.63) is 46.8 Å². The van der Waals surface area contributed by atoms with Crippen LogP contribution in [0.4, 0.5) is 0 Å². The van der Waals surface area contributed by atoms with E-state index < -0.39 is 5.97 Å². The van der Waals surface area contributed by atoms with Gasteiger partial charge in [-0.2, -0.15) is 0 Å². The number of carboxylic acid groups (broad SMARTS) is 1. The molecule has 0 fully saturated rings. The predicted octanol–water partition coefficient (Wildman–Crippen LogP) is 4.36. The van der Waals surface area contributed by atoms with Gasteiger partial charge in [0, 0.05) is 0 Å². The maximum Gasteiger partial charge on any atom is 0.345 e. The van der Waals surface area contributed by atoms with Crippen molar-refractivity contribution in [3.63, 3.8) is 0 Å². The molecule has 0 spiro atoms. The topological polar surface area (TPSA) is 46.5 Å². The van der Waals surface area contributed by atoms with Crippen molar-refractivity contribution in [2.75, 3.05) is 0 Å². The van der Waals surface area contributed by atoms with Gasteiger partial charge in [-0.15, -0.1) is 0 Å². The number of hydrogen-bond acceptors (Lipinski definition) is 3. The summed E-state index contributed by atoms with van der Waals surface area (Å²) in [6.45, 7) is 4.27. The Balaban J connectivity index is 2.10. The highest BCUT2D eigenvalue weighted by Crippen LogP contribution is 2.30. The highest BCUT2D eigenvalue weighted by atomic mass is 32.1. The number of hydrogen-bond donors (Lipinski definition) is 1. The van der Waals surface area contributed by atoms with Crippen LogP contribution in [-0.4, -0.2) is 11.1 Å². The third-order valence-corrected chi connectivity index (χ3v) is 3.51. The van der Waals surface area contributed by atoms with Crippen molar-refractivity contribution < 1.29 is 14.6 Å². The van der Waals surface area contributed by atoms with Crippen molar-refractivity contribution in [3.8, 4) is 10.8 Å². The van der Waals surface area contributed by atoms with Crippen LogP contribution in [0.1, 0.15) is 35.0 Å². The largest absolute Gasteiger partial charge is 0.477 e. The van der Waals surface area contributed by atoms with Crippen LogP contribution in [0.25, 0.3) is 0 Å². The van der Waals surface area contributed by atoms with Crippen LogP contribution in [0.15, 0.2) is 36.4 Å². The number of benzene rings is 1. The molecule has 1 aromatic carbocycles. The molecule has 0 atom stereocenters. The van der Waals surface area contributed by atoms with E-state index in [0.717, 1.165) is 17.1 Å². The minimum absolute atomic E-state index is 0.281. The first-order valence-corrected chi connectivity index (χ1v) is 6.49. The Kier molecular flexibility index (Phi) is 3.67. The third-order valence-electron chi connectivity index (χ3n) is 2.56. The first-order valence-electron chi connectivity index (χ1n) is 5.67. The average molecular weight is 262 g/mol. The molecule has 1 aromatic heterocycles. The van der Waals surface area contributed by atoms with E-state index in [2.05, 4.69) is 13.8 Å². The van der Waals surface area contributed by atoms with Crippen molar-refractivity contribution in [1.29, 1.82) is 0 Å². The van der Waals surface area contributed by atoms with Gasteiger partial charge in [-0.25, -0.2) is 4.79 Å². The minimum atomic E-state index is -0.926. The van der Waals surface area contributed by atoms with Crippen LogP contribution < -0.4 is 4.74 Å². The van der Waals surface area contributed by atoms with E-state index in [1.807, 2.05) is 24.3 Å². The van der Waals surface area contributed by atoms with E-state index in [1.54, 1.807) is 12.1 Å². The fourth-order valence-electron chi connectivity index (χ4n) is 1.53. The summed E-state index contributed by atoms with van der Waals surface area (Å²) >= 11 is 1.12. The molecule has 4 heteroatoms. The van der Waals surface area contributed by atoms with E-state index in [-0.39, 0.29) is 4.88 Å². The molecule has 1 heterocycles. The number of ether oxygens (including phenoxy) is 1. The summed E-state index contributed by atoms with van der Waals surface area (Å²) in [5.41, 5.74) is 1.25. The summed E-state index contributed by atoms with van der Waals surface area (Å²) in [6.07, 6.45) is 0. The van der Waals surface area contributed by atoms with Crippen molar-refractivity contribution in [2.24, 2.45) is 0 Å². The number of carboxylic acids is 1. The van der Waals surface area contributed by atoms with Gasteiger partial charge in [-0.1, -0.05) is 37.3 Å². The van der Waals surface area contributed by atoms with Gasteiger partial charge >= 0.3 is 5.97 Å². The zero-order valence-electron chi connectivity index (χ0n) is 10.2. The van der Waals surface area contributed by atoms with Crippen molar-refractivity contribution in [1.82, 2.24) is 0 Å². The van der Waals surface area contributed by atoms with E-state index in [9.17, 15) is 4.79 Å². The summed E-state index contributed by atoms with van der Waals surface area (Å²) in [5, 5.41) is 9.40.